The highest BCUT2D eigenvalue weighted by molar-refractivity contribution is 5.88. The number of rotatable bonds is 3. The van der Waals surface area contributed by atoms with E-state index in [-0.39, 0.29) is 17.0 Å². The minimum atomic E-state index is -1.21. The SMILES string of the molecule is O=C(O)c1cc(-c2cc(F)ccc2F)nn1-c1ccccc1. The average molecular weight is 300 g/mol. The van der Waals surface area contributed by atoms with E-state index in [1.54, 1.807) is 30.3 Å². The van der Waals surface area contributed by atoms with E-state index >= 15 is 0 Å². The van der Waals surface area contributed by atoms with Crippen LogP contribution >= 0.6 is 0 Å². The van der Waals surface area contributed by atoms with Crippen molar-refractivity contribution in [3.8, 4) is 16.9 Å². The van der Waals surface area contributed by atoms with Crippen LogP contribution in [0.15, 0.2) is 54.6 Å². The van der Waals surface area contributed by atoms with Gasteiger partial charge in [-0.25, -0.2) is 18.3 Å². The molecular weight excluding hydrogens is 290 g/mol. The van der Waals surface area contributed by atoms with Gasteiger partial charge in [-0.2, -0.15) is 5.10 Å². The fourth-order valence-electron chi connectivity index (χ4n) is 2.12. The molecule has 4 nitrogen and oxygen atoms in total. The standard InChI is InChI=1S/C16H10F2N2O2/c17-10-6-7-13(18)12(8-10)14-9-15(16(21)22)20(19-14)11-4-2-1-3-5-11/h1-9H,(H,21,22). The van der Waals surface area contributed by atoms with Crippen LogP contribution < -0.4 is 0 Å². The number of halogens is 2. The molecule has 1 N–H and O–H groups in total. The normalized spacial score (nSPS) is 10.6. The summed E-state index contributed by atoms with van der Waals surface area (Å²) in [6.07, 6.45) is 0. The molecular formula is C16H10F2N2O2. The van der Waals surface area contributed by atoms with Crippen LogP contribution in [0.2, 0.25) is 0 Å². The molecule has 0 atom stereocenters. The smallest absolute Gasteiger partial charge is 0.354 e. The fraction of sp³-hybridized carbons (Fsp3) is 0. The van der Waals surface area contributed by atoms with E-state index in [1.807, 2.05) is 0 Å². The zero-order chi connectivity index (χ0) is 15.7. The molecule has 0 unspecified atom stereocenters. The van der Waals surface area contributed by atoms with Crippen LogP contribution in [0.1, 0.15) is 10.5 Å². The van der Waals surface area contributed by atoms with E-state index < -0.39 is 17.6 Å². The maximum absolute atomic E-state index is 13.8. The maximum Gasteiger partial charge on any atom is 0.354 e. The van der Waals surface area contributed by atoms with E-state index in [2.05, 4.69) is 5.10 Å². The lowest BCUT2D eigenvalue weighted by atomic mass is 10.1. The van der Waals surface area contributed by atoms with E-state index in [0.717, 1.165) is 18.2 Å². The molecule has 0 saturated carbocycles. The molecule has 1 heterocycles. The van der Waals surface area contributed by atoms with Crippen LogP contribution in [-0.4, -0.2) is 20.9 Å². The van der Waals surface area contributed by atoms with Crippen molar-refractivity contribution < 1.29 is 18.7 Å². The van der Waals surface area contributed by atoms with Crippen molar-refractivity contribution in [1.29, 1.82) is 0 Å². The fourth-order valence-corrected chi connectivity index (χ4v) is 2.12. The van der Waals surface area contributed by atoms with Crippen LogP contribution in [0.3, 0.4) is 0 Å². The Bertz CT molecular complexity index is 845. The molecule has 0 aliphatic heterocycles. The van der Waals surface area contributed by atoms with Gasteiger partial charge in [0.05, 0.1) is 11.4 Å². The molecule has 0 aliphatic rings. The highest BCUT2D eigenvalue weighted by Crippen LogP contribution is 2.25. The monoisotopic (exact) mass is 300 g/mol. The number of aromatic nitrogens is 2. The van der Waals surface area contributed by atoms with Gasteiger partial charge in [0.15, 0.2) is 5.69 Å². The summed E-state index contributed by atoms with van der Waals surface area (Å²) in [6.45, 7) is 0. The minimum Gasteiger partial charge on any atom is -0.477 e. The second kappa shape index (κ2) is 5.40. The number of para-hydroxylation sites is 1. The summed E-state index contributed by atoms with van der Waals surface area (Å²) in [7, 11) is 0. The molecule has 110 valence electrons. The molecule has 22 heavy (non-hydrogen) atoms. The summed E-state index contributed by atoms with van der Waals surface area (Å²) in [5.41, 5.74) is 0.350. The third-order valence-corrected chi connectivity index (χ3v) is 3.13. The first-order chi connectivity index (χ1) is 10.6. The van der Waals surface area contributed by atoms with Crippen LogP contribution in [0.5, 0.6) is 0 Å². The molecule has 0 fully saturated rings. The number of hydrogen-bond donors (Lipinski definition) is 1. The number of carboxylic acids is 1. The van der Waals surface area contributed by atoms with Crippen LogP contribution in [0.25, 0.3) is 16.9 Å². The Morgan fingerprint density at radius 2 is 1.77 bits per heavy atom. The molecule has 0 radical (unpaired) electrons. The number of aromatic carboxylic acids is 1. The van der Waals surface area contributed by atoms with E-state index in [9.17, 15) is 18.7 Å². The van der Waals surface area contributed by atoms with Gasteiger partial charge < -0.3 is 5.11 Å². The first-order valence-corrected chi connectivity index (χ1v) is 6.40. The lowest BCUT2D eigenvalue weighted by Gasteiger charge is -2.03. The number of nitrogens with zero attached hydrogens (tertiary/aromatic N) is 2. The Kier molecular flexibility index (Phi) is 3.42. The van der Waals surface area contributed by atoms with Crippen molar-refractivity contribution in [1.82, 2.24) is 9.78 Å². The molecule has 0 bridgehead atoms. The molecule has 2 aromatic carbocycles. The number of carbonyl (C=O) groups is 1. The number of carboxylic acid groups (broad SMARTS) is 1. The predicted molar refractivity (Wildman–Crippen MR) is 75.9 cm³/mol. The van der Waals surface area contributed by atoms with Crippen LogP contribution in [-0.2, 0) is 0 Å². The second-order valence-electron chi connectivity index (χ2n) is 4.59. The quantitative estimate of drug-likeness (QED) is 0.805. The molecule has 6 heteroatoms. The van der Waals surface area contributed by atoms with Gasteiger partial charge in [0.1, 0.15) is 11.6 Å². The third-order valence-electron chi connectivity index (χ3n) is 3.13. The Hall–Kier alpha value is -3.02. The summed E-state index contributed by atoms with van der Waals surface area (Å²) < 4.78 is 28.3. The molecule has 1 aromatic heterocycles. The predicted octanol–water partition coefficient (Wildman–Crippen LogP) is 3.52. The first kappa shape index (κ1) is 13.9. The highest BCUT2D eigenvalue weighted by atomic mass is 19.1. The summed E-state index contributed by atoms with van der Waals surface area (Å²) in [6, 6.07) is 12.7. The van der Waals surface area contributed by atoms with Gasteiger partial charge in [0, 0.05) is 5.56 Å². The molecule has 0 amide bonds. The van der Waals surface area contributed by atoms with Gasteiger partial charge in [0.2, 0.25) is 0 Å². The minimum absolute atomic E-state index is 0.0539. The van der Waals surface area contributed by atoms with Crippen LogP contribution in [0, 0.1) is 11.6 Å². The lowest BCUT2D eigenvalue weighted by Crippen LogP contribution is -2.07. The Balaban J connectivity index is 2.19. The van der Waals surface area contributed by atoms with E-state index in [0.29, 0.717) is 5.69 Å². The topological polar surface area (TPSA) is 55.1 Å². The second-order valence-corrected chi connectivity index (χ2v) is 4.59. The van der Waals surface area contributed by atoms with Crippen molar-refractivity contribution in [2.75, 3.05) is 0 Å². The van der Waals surface area contributed by atoms with Crippen molar-refractivity contribution in [2.24, 2.45) is 0 Å². The van der Waals surface area contributed by atoms with Gasteiger partial charge in [-0.15, -0.1) is 0 Å². The van der Waals surface area contributed by atoms with Crippen LogP contribution in [0.4, 0.5) is 8.78 Å². The van der Waals surface area contributed by atoms with Crippen molar-refractivity contribution in [2.45, 2.75) is 0 Å². The molecule has 0 saturated heterocycles. The Morgan fingerprint density at radius 3 is 2.45 bits per heavy atom. The molecule has 0 aliphatic carbocycles. The number of hydrogen-bond acceptors (Lipinski definition) is 2. The zero-order valence-corrected chi connectivity index (χ0v) is 11.2. The van der Waals surface area contributed by atoms with Crippen molar-refractivity contribution in [3.63, 3.8) is 0 Å². The van der Waals surface area contributed by atoms with Gasteiger partial charge >= 0.3 is 5.97 Å². The van der Waals surface area contributed by atoms with Crippen molar-refractivity contribution >= 4 is 5.97 Å². The molecule has 3 aromatic rings. The molecule has 3 rings (SSSR count). The summed E-state index contributed by atoms with van der Waals surface area (Å²) in [5, 5.41) is 13.4. The lowest BCUT2D eigenvalue weighted by molar-refractivity contribution is 0.0687. The Labute approximate surface area is 124 Å². The molecule has 0 spiro atoms. The average Bonchev–Trinajstić information content (AvgIpc) is 2.96. The summed E-state index contributed by atoms with van der Waals surface area (Å²) in [5.74, 6) is -2.50. The summed E-state index contributed by atoms with van der Waals surface area (Å²) in [4.78, 5) is 11.4. The van der Waals surface area contributed by atoms with Gasteiger partial charge in [-0.1, -0.05) is 18.2 Å². The zero-order valence-electron chi connectivity index (χ0n) is 11.2. The third kappa shape index (κ3) is 2.46. The highest BCUT2D eigenvalue weighted by Gasteiger charge is 2.18. The van der Waals surface area contributed by atoms with Gasteiger partial charge in [0.25, 0.3) is 0 Å². The van der Waals surface area contributed by atoms with Gasteiger partial charge in [-0.3, -0.25) is 0 Å². The van der Waals surface area contributed by atoms with Crippen molar-refractivity contribution in [3.05, 3.63) is 71.9 Å². The summed E-state index contributed by atoms with van der Waals surface area (Å²) >= 11 is 0. The number of benzene rings is 2. The largest absolute Gasteiger partial charge is 0.477 e. The Morgan fingerprint density at radius 1 is 1.05 bits per heavy atom. The van der Waals surface area contributed by atoms with E-state index in [4.69, 9.17) is 0 Å². The van der Waals surface area contributed by atoms with E-state index in [1.165, 1.54) is 10.7 Å². The van der Waals surface area contributed by atoms with Gasteiger partial charge in [-0.05, 0) is 36.4 Å². The maximum atomic E-state index is 13.8. The first-order valence-electron chi connectivity index (χ1n) is 6.40.